The zero-order valence-electron chi connectivity index (χ0n) is 8.29. The fourth-order valence-corrected chi connectivity index (χ4v) is 1.05. The van der Waals surface area contributed by atoms with Crippen molar-refractivity contribution in [3.05, 3.63) is 46.3 Å². The normalized spacial score (nSPS) is 9.73. The highest BCUT2D eigenvalue weighted by molar-refractivity contribution is 5.61. The van der Waals surface area contributed by atoms with Crippen LogP contribution in [0.15, 0.2) is 30.4 Å². The predicted octanol–water partition coefficient (Wildman–Crippen LogP) is 2.72. The van der Waals surface area contributed by atoms with Gasteiger partial charge in [-0.05, 0) is 19.1 Å². The molecule has 0 atom stereocenters. The van der Waals surface area contributed by atoms with Crippen LogP contribution in [0.3, 0.4) is 0 Å². The second-order valence-electron chi connectivity index (χ2n) is 3.23. The van der Waals surface area contributed by atoms with Crippen LogP contribution >= 0.6 is 0 Å². The molecule has 15 heavy (non-hydrogen) atoms. The Balaban J connectivity index is 2.95. The van der Waals surface area contributed by atoms with E-state index in [2.05, 4.69) is 11.9 Å². The van der Waals surface area contributed by atoms with E-state index in [1.54, 1.807) is 6.92 Å². The van der Waals surface area contributed by atoms with Crippen LogP contribution in [0.2, 0.25) is 0 Å². The number of anilines is 1. The van der Waals surface area contributed by atoms with Gasteiger partial charge in [0.15, 0.2) is 0 Å². The van der Waals surface area contributed by atoms with Crippen LogP contribution in [0.1, 0.15) is 6.92 Å². The summed E-state index contributed by atoms with van der Waals surface area (Å²) in [5.41, 5.74) is 0.870. The first kappa shape index (κ1) is 11.2. The topological polar surface area (TPSA) is 55.2 Å². The molecule has 0 heterocycles. The van der Waals surface area contributed by atoms with E-state index in [0.29, 0.717) is 12.2 Å². The Kier molecular flexibility index (Phi) is 3.38. The Morgan fingerprint density at radius 3 is 2.87 bits per heavy atom. The van der Waals surface area contributed by atoms with Gasteiger partial charge in [0.2, 0.25) is 0 Å². The van der Waals surface area contributed by atoms with Crippen molar-refractivity contribution in [2.45, 2.75) is 6.92 Å². The number of hydrogen-bond acceptors (Lipinski definition) is 3. The van der Waals surface area contributed by atoms with Crippen LogP contribution in [0, 0.1) is 15.9 Å². The summed E-state index contributed by atoms with van der Waals surface area (Å²) in [5.74, 6) is -0.623. The van der Waals surface area contributed by atoms with Crippen molar-refractivity contribution < 1.29 is 9.31 Å². The largest absolute Gasteiger partial charge is 0.376 e. The van der Waals surface area contributed by atoms with Crippen molar-refractivity contribution in [1.82, 2.24) is 0 Å². The molecule has 0 unspecified atom stereocenters. The Morgan fingerprint density at radius 2 is 2.33 bits per heavy atom. The van der Waals surface area contributed by atoms with Crippen molar-refractivity contribution >= 4 is 11.4 Å². The Bertz CT molecular complexity index is 404. The summed E-state index contributed by atoms with van der Waals surface area (Å²) in [6, 6.07) is 3.41. The molecule has 4 nitrogen and oxygen atoms in total. The number of halogens is 1. The molecule has 0 aliphatic heterocycles. The van der Waals surface area contributed by atoms with Crippen LogP contribution in [-0.4, -0.2) is 11.5 Å². The monoisotopic (exact) mass is 210 g/mol. The van der Waals surface area contributed by atoms with Crippen molar-refractivity contribution in [1.29, 1.82) is 0 Å². The maximum absolute atomic E-state index is 12.8. The molecule has 0 saturated carbocycles. The standard InChI is InChI=1S/C10H11FN2O2/c1-7(2)6-12-9-4-3-8(11)5-10(9)13(14)15/h3-5,12H,1,6H2,2H3. The van der Waals surface area contributed by atoms with Gasteiger partial charge >= 0.3 is 0 Å². The second-order valence-corrected chi connectivity index (χ2v) is 3.23. The van der Waals surface area contributed by atoms with E-state index in [4.69, 9.17) is 0 Å². The first-order valence-corrected chi connectivity index (χ1v) is 4.33. The molecule has 0 fully saturated rings. The van der Waals surface area contributed by atoms with Crippen LogP contribution in [0.4, 0.5) is 15.8 Å². The van der Waals surface area contributed by atoms with Gasteiger partial charge in [-0.25, -0.2) is 4.39 Å². The lowest BCUT2D eigenvalue weighted by molar-refractivity contribution is -0.384. The molecule has 1 rings (SSSR count). The number of nitro benzene ring substituents is 1. The summed E-state index contributed by atoms with van der Waals surface area (Å²) in [4.78, 5) is 9.97. The van der Waals surface area contributed by atoms with E-state index in [1.807, 2.05) is 0 Å². The number of rotatable bonds is 4. The molecule has 1 aromatic carbocycles. The minimum Gasteiger partial charge on any atom is -0.376 e. The fraction of sp³-hybridized carbons (Fsp3) is 0.200. The molecule has 0 spiro atoms. The van der Waals surface area contributed by atoms with Crippen molar-refractivity contribution in [2.24, 2.45) is 0 Å². The molecule has 0 amide bonds. The summed E-state index contributed by atoms with van der Waals surface area (Å²) in [6.07, 6.45) is 0. The maximum atomic E-state index is 12.8. The third kappa shape index (κ3) is 3.05. The summed E-state index contributed by atoms with van der Waals surface area (Å²) in [5, 5.41) is 13.4. The zero-order chi connectivity index (χ0) is 11.4. The SMILES string of the molecule is C=C(C)CNc1ccc(F)cc1[N+](=O)[O-]. The Morgan fingerprint density at radius 1 is 1.67 bits per heavy atom. The van der Waals surface area contributed by atoms with E-state index in [9.17, 15) is 14.5 Å². The number of nitrogens with zero attached hydrogens (tertiary/aromatic N) is 1. The van der Waals surface area contributed by atoms with Gasteiger partial charge in [0, 0.05) is 6.54 Å². The third-order valence-corrected chi connectivity index (χ3v) is 1.74. The van der Waals surface area contributed by atoms with E-state index in [-0.39, 0.29) is 5.69 Å². The quantitative estimate of drug-likeness (QED) is 0.472. The molecular formula is C10H11FN2O2. The number of nitrogens with one attached hydrogen (secondary N) is 1. The van der Waals surface area contributed by atoms with Gasteiger partial charge in [0.25, 0.3) is 5.69 Å². The van der Waals surface area contributed by atoms with Gasteiger partial charge in [-0.2, -0.15) is 0 Å². The summed E-state index contributed by atoms with van der Waals surface area (Å²) in [6.45, 7) is 5.87. The van der Waals surface area contributed by atoms with E-state index in [1.165, 1.54) is 12.1 Å². The lowest BCUT2D eigenvalue weighted by Gasteiger charge is -2.06. The average Bonchev–Trinajstić information content (AvgIpc) is 2.15. The molecule has 0 aliphatic carbocycles. The highest BCUT2D eigenvalue weighted by atomic mass is 19.1. The smallest absolute Gasteiger partial charge is 0.295 e. The van der Waals surface area contributed by atoms with Crippen LogP contribution in [-0.2, 0) is 0 Å². The first-order valence-electron chi connectivity index (χ1n) is 4.33. The Hall–Kier alpha value is -1.91. The van der Waals surface area contributed by atoms with Gasteiger partial charge in [0.1, 0.15) is 11.5 Å². The highest BCUT2D eigenvalue weighted by Gasteiger charge is 2.13. The molecule has 0 aromatic heterocycles. The van der Waals surface area contributed by atoms with Crippen LogP contribution in [0.5, 0.6) is 0 Å². The van der Waals surface area contributed by atoms with Gasteiger partial charge in [-0.3, -0.25) is 10.1 Å². The highest BCUT2D eigenvalue weighted by Crippen LogP contribution is 2.24. The second kappa shape index (κ2) is 4.54. The average molecular weight is 210 g/mol. The number of hydrogen-bond donors (Lipinski definition) is 1. The summed E-state index contributed by atoms with van der Waals surface area (Å²) < 4.78 is 12.8. The molecule has 0 saturated heterocycles. The van der Waals surface area contributed by atoms with Gasteiger partial charge in [0.05, 0.1) is 11.0 Å². The van der Waals surface area contributed by atoms with Gasteiger partial charge < -0.3 is 5.32 Å². The Labute approximate surface area is 86.6 Å². The number of nitro groups is 1. The maximum Gasteiger partial charge on any atom is 0.295 e. The fourth-order valence-electron chi connectivity index (χ4n) is 1.05. The van der Waals surface area contributed by atoms with Crippen molar-refractivity contribution in [3.63, 3.8) is 0 Å². The number of benzene rings is 1. The minimum absolute atomic E-state index is 0.267. The van der Waals surface area contributed by atoms with E-state index in [0.717, 1.165) is 11.6 Å². The first-order chi connectivity index (χ1) is 7.00. The van der Waals surface area contributed by atoms with Gasteiger partial charge in [-0.1, -0.05) is 12.2 Å². The molecule has 1 N–H and O–H groups in total. The van der Waals surface area contributed by atoms with Gasteiger partial charge in [-0.15, -0.1) is 0 Å². The van der Waals surface area contributed by atoms with Crippen molar-refractivity contribution in [3.8, 4) is 0 Å². The predicted molar refractivity (Wildman–Crippen MR) is 56.4 cm³/mol. The molecule has 0 radical (unpaired) electrons. The van der Waals surface area contributed by atoms with E-state index >= 15 is 0 Å². The minimum atomic E-state index is -0.623. The molecule has 0 aliphatic rings. The molecule has 1 aromatic rings. The van der Waals surface area contributed by atoms with Crippen LogP contribution < -0.4 is 5.32 Å². The zero-order valence-corrected chi connectivity index (χ0v) is 8.29. The molecular weight excluding hydrogens is 199 g/mol. The van der Waals surface area contributed by atoms with Crippen LogP contribution in [0.25, 0.3) is 0 Å². The summed E-state index contributed by atoms with van der Waals surface area (Å²) >= 11 is 0. The van der Waals surface area contributed by atoms with Crippen molar-refractivity contribution in [2.75, 3.05) is 11.9 Å². The molecule has 0 bridgehead atoms. The van der Waals surface area contributed by atoms with E-state index < -0.39 is 10.7 Å². The lowest BCUT2D eigenvalue weighted by atomic mass is 10.2. The lowest BCUT2D eigenvalue weighted by Crippen LogP contribution is -2.04. The molecule has 5 heteroatoms. The molecule has 80 valence electrons. The summed E-state index contributed by atoms with van der Waals surface area (Å²) in [7, 11) is 0. The third-order valence-electron chi connectivity index (χ3n) is 1.74.